The highest BCUT2D eigenvalue weighted by Gasteiger charge is 2.34. The van der Waals surface area contributed by atoms with Crippen molar-refractivity contribution in [3.05, 3.63) is 94.5 Å². The molecule has 0 spiro atoms. The van der Waals surface area contributed by atoms with Crippen molar-refractivity contribution in [2.45, 2.75) is 6.54 Å². The molecule has 1 fully saturated rings. The number of halogens is 1. The molecule has 0 aliphatic carbocycles. The Hall–Kier alpha value is -4.21. The quantitative estimate of drug-likeness (QED) is 0.236. The smallest absolute Gasteiger partial charge is 0.371 e. The molecule has 2 N–H and O–H groups in total. The van der Waals surface area contributed by atoms with E-state index in [2.05, 4.69) is 5.32 Å². The van der Waals surface area contributed by atoms with Crippen molar-refractivity contribution < 1.29 is 23.9 Å². The number of carbonyl (C=O) groups is 3. The number of aromatic carboxylic acids is 1. The Morgan fingerprint density at radius 3 is 2.54 bits per heavy atom. The van der Waals surface area contributed by atoms with Gasteiger partial charge in [0, 0.05) is 27.7 Å². The molecule has 0 radical (unpaired) electrons. The Morgan fingerprint density at radius 2 is 1.83 bits per heavy atom. The van der Waals surface area contributed by atoms with E-state index in [1.807, 2.05) is 28.8 Å². The zero-order chi connectivity index (χ0) is 24.7. The number of carbonyl (C=O) groups excluding carboxylic acids is 2. The number of furan rings is 1. The second kappa shape index (κ2) is 8.86. The van der Waals surface area contributed by atoms with Gasteiger partial charge in [0.1, 0.15) is 11.3 Å². The maximum absolute atomic E-state index is 13.3. The van der Waals surface area contributed by atoms with Crippen LogP contribution >= 0.6 is 23.8 Å². The third-order valence-corrected chi connectivity index (χ3v) is 6.04. The van der Waals surface area contributed by atoms with Crippen LogP contribution in [0.1, 0.15) is 21.9 Å². The van der Waals surface area contributed by atoms with E-state index in [0.29, 0.717) is 22.0 Å². The molecule has 10 heteroatoms. The molecule has 2 aromatic heterocycles. The second-order valence-electron chi connectivity index (χ2n) is 7.73. The van der Waals surface area contributed by atoms with E-state index in [9.17, 15) is 14.4 Å². The summed E-state index contributed by atoms with van der Waals surface area (Å²) in [5.74, 6) is -2.01. The molecule has 2 aromatic carbocycles. The Balaban J connectivity index is 1.54. The van der Waals surface area contributed by atoms with Gasteiger partial charge in [0.05, 0.1) is 12.2 Å². The Morgan fingerprint density at radius 1 is 1.09 bits per heavy atom. The number of nitrogens with one attached hydrogen (secondary N) is 1. The number of rotatable bonds is 5. The first-order chi connectivity index (χ1) is 16.8. The summed E-state index contributed by atoms with van der Waals surface area (Å²) in [6.45, 7) is 0.262. The summed E-state index contributed by atoms with van der Waals surface area (Å²) in [6, 6.07) is 17.0. The second-order valence-corrected chi connectivity index (χ2v) is 8.56. The fourth-order valence-electron chi connectivity index (χ4n) is 3.90. The number of benzene rings is 2. The monoisotopic (exact) mass is 505 g/mol. The van der Waals surface area contributed by atoms with Crippen LogP contribution in [0.25, 0.3) is 17.0 Å². The summed E-state index contributed by atoms with van der Waals surface area (Å²) < 4.78 is 7.25. The van der Waals surface area contributed by atoms with Crippen molar-refractivity contribution in [1.29, 1.82) is 0 Å². The van der Waals surface area contributed by atoms with Gasteiger partial charge in [-0.15, -0.1) is 0 Å². The predicted octanol–water partition coefficient (Wildman–Crippen LogP) is 4.47. The molecule has 35 heavy (non-hydrogen) atoms. The van der Waals surface area contributed by atoms with Crippen LogP contribution in [0.4, 0.5) is 5.69 Å². The SMILES string of the molecule is O=C1NC(=S)N(c2ccc(Cl)cc2)C(=O)/C1=C/c1cn(Cc2ccc(C(=O)O)o2)c2ccccc12. The van der Waals surface area contributed by atoms with Crippen molar-refractivity contribution in [2.24, 2.45) is 0 Å². The van der Waals surface area contributed by atoms with E-state index < -0.39 is 17.8 Å². The van der Waals surface area contributed by atoms with Gasteiger partial charge in [0.15, 0.2) is 5.11 Å². The molecule has 1 aliphatic heterocycles. The van der Waals surface area contributed by atoms with Crippen molar-refractivity contribution >= 4 is 69.4 Å². The summed E-state index contributed by atoms with van der Waals surface area (Å²) >= 11 is 11.2. The lowest BCUT2D eigenvalue weighted by Gasteiger charge is -2.28. The lowest BCUT2D eigenvalue weighted by Crippen LogP contribution is -2.54. The normalized spacial score (nSPS) is 15.2. The molecular formula is C25H16ClN3O5S. The summed E-state index contributed by atoms with van der Waals surface area (Å²) in [4.78, 5) is 38.5. The summed E-state index contributed by atoms with van der Waals surface area (Å²) in [7, 11) is 0. The number of aromatic nitrogens is 1. The molecule has 4 aromatic rings. The van der Waals surface area contributed by atoms with Crippen LogP contribution in [-0.2, 0) is 16.1 Å². The van der Waals surface area contributed by atoms with Gasteiger partial charge in [-0.1, -0.05) is 29.8 Å². The minimum absolute atomic E-state index is 0.0195. The molecule has 8 nitrogen and oxygen atoms in total. The van der Waals surface area contributed by atoms with Crippen LogP contribution in [0.3, 0.4) is 0 Å². The highest BCUT2D eigenvalue weighted by atomic mass is 35.5. The molecule has 1 saturated heterocycles. The van der Waals surface area contributed by atoms with E-state index in [4.69, 9.17) is 33.3 Å². The van der Waals surface area contributed by atoms with Gasteiger partial charge in [0.25, 0.3) is 11.8 Å². The van der Waals surface area contributed by atoms with E-state index in [0.717, 1.165) is 10.9 Å². The zero-order valence-electron chi connectivity index (χ0n) is 17.9. The number of nitrogens with zero attached hydrogens (tertiary/aromatic N) is 2. The Kier molecular flexibility index (Phi) is 5.72. The van der Waals surface area contributed by atoms with Gasteiger partial charge in [0.2, 0.25) is 5.76 Å². The summed E-state index contributed by atoms with van der Waals surface area (Å²) in [6.07, 6.45) is 3.30. The third kappa shape index (κ3) is 4.23. The van der Waals surface area contributed by atoms with E-state index in [-0.39, 0.29) is 23.0 Å². The van der Waals surface area contributed by atoms with E-state index >= 15 is 0 Å². The summed E-state index contributed by atoms with van der Waals surface area (Å²) in [5.41, 5.74) is 1.85. The minimum atomic E-state index is -1.15. The first-order valence-electron chi connectivity index (χ1n) is 10.4. The van der Waals surface area contributed by atoms with Crippen LogP contribution in [0, 0.1) is 0 Å². The lowest BCUT2D eigenvalue weighted by atomic mass is 10.1. The average Bonchev–Trinajstić information content (AvgIpc) is 3.43. The molecule has 2 amide bonds. The first kappa shape index (κ1) is 22.6. The van der Waals surface area contributed by atoms with Gasteiger partial charge in [-0.05, 0) is 60.8 Å². The molecule has 1 aliphatic rings. The van der Waals surface area contributed by atoms with Crippen LogP contribution in [0.2, 0.25) is 5.02 Å². The zero-order valence-corrected chi connectivity index (χ0v) is 19.5. The Bertz CT molecular complexity index is 1550. The molecule has 3 heterocycles. The van der Waals surface area contributed by atoms with Gasteiger partial charge in [-0.25, -0.2) is 4.79 Å². The molecule has 5 rings (SSSR count). The maximum Gasteiger partial charge on any atom is 0.371 e. The third-order valence-electron chi connectivity index (χ3n) is 5.50. The average molecular weight is 506 g/mol. The van der Waals surface area contributed by atoms with Crippen LogP contribution in [0.15, 0.2) is 76.9 Å². The van der Waals surface area contributed by atoms with E-state index in [1.54, 1.807) is 36.5 Å². The number of fused-ring (bicyclic) bond motifs is 1. The highest BCUT2D eigenvalue weighted by Crippen LogP contribution is 2.28. The molecule has 0 atom stereocenters. The number of carboxylic acids is 1. The van der Waals surface area contributed by atoms with Crippen molar-refractivity contribution in [2.75, 3.05) is 4.90 Å². The van der Waals surface area contributed by atoms with Crippen molar-refractivity contribution in [3.8, 4) is 0 Å². The van der Waals surface area contributed by atoms with Gasteiger partial charge >= 0.3 is 5.97 Å². The first-order valence-corrected chi connectivity index (χ1v) is 11.2. The molecular weight excluding hydrogens is 490 g/mol. The van der Waals surface area contributed by atoms with Gasteiger partial charge < -0.3 is 14.1 Å². The molecule has 174 valence electrons. The highest BCUT2D eigenvalue weighted by molar-refractivity contribution is 7.80. The topological polar surface area (TPSA) is 105 Å². The van der Waals surface area contributed by atoms with Crippen LogP contribution < -0.4 is 10.2 Å². The van der Waals surface area contributed by atoms with Crippen molar-refractivity contribution in [1.82, 2.24) is 9.88 Å². The lowest BCUT2D eigenvalue weighted by molar-refractivity contribution is -0.122. The van der Waals surface area contributed by atoms with Gasteiger partial charge in [-0.3, -0.25) is 19.8 Å². The number of anilines is 1. The molecule has 0 unspecified atom stereocenters. The van der Waals surface area contributed by atoms with Crippen LogP contribution in [0.5, 0.6) is 0 Å². The number of para-hydroxylation sites is 1. The molecule has 0 bridgehead atoms. The fourth-order valence-corrected chi connectivity index (χ4v) is 4.31. The standard InChI is InChI=1S/C25H16ClN3O5S/c26-15-5-7-16(8-6-15)29-23(31)19(22(30)27-25(29)35)11-14-12-28(20-4-2-1-3-18(14)20)13-17-9-10-21(34-17)24(32)33/h1-12H,13H2,(H,32,33)(H,27,30,35)/b19-11+. The number of amides is 2. The fraction of sp³-hybridized carbons (Fsp3) is 0.0400. The largest absolute Gasteiger partial charge is 0.475 e. The maximum atomic E-state index is 13.3. The number of thiocarbonyl (C=S) groups is 1. The summed E-state index contributed by atoms with van der Waals surface area (Å²) in [5, 5.41) is 13.0. The van der Waals surface area contributed by atoms with Gasteiger partial charge in [-0.2, -0.15) is 0 Å². The number of hydrogen-bond donors (Lipinski definition) is 2. The molecule has 0 saturated carbocycles. The Labute approximate surface area is 209 Å². The number of carboxylic acid groups (broad SMARTS) is 1. The van der Waals surface area contributed by atoms with E-state index in [1.165, 1.54) is 17.0 Å². The van der Waals surface area contributed by atoms with Crippen molar-refractivity contribution in [3.63, 3.8) is 0 Å². The predicted molar refractivity (Wildman–Crippen MR) is 134 cm³/mol. The minimum Gasteiger partial charge on any atom is -0.475 e. The van der Waals surface area contributed by atoms with Crippen LogP contribution in [-0.4, -0.2) is 32.6 Å². The number of hydrogen-bond acceptors (Lipinski definition) is 5.